The molecule has 0 atom stereocenters. The zero-order valence-electron chi connectivity index (χ0n) is 15.5. The molecule has 0 aliphatic rings. The molecular formula is C20H19F2N3O3S. The molecule has 0 aliphatic heterocycles. The molecule has 6 nitrogen and oxygen atoms in total. The minimum Gasteiger partial charge on any atom is -0.380 e. The van der Waals surface area contributed by atoms with Gasteiger partial charge in [-0.3, -0.25) is 4.72 Å². The minimum atomic E-state index is -3.98. The average Bonchev–Trinajstić information content (AvgIpc) is 2.70. The van der Waals surface area contributed by atoms with Gasteiger partial charge in [0.2, 0.25) is 0 Å². The van der Waals surface area contributed by atoms with Crippen molar-refractivity contribution >= 4 is 21.5 Å². The first-order valence-electron chi connectivity index (χ1n) is 8.62. The predicted molar refractivity (Wildman–Crippen MR) is 106 cm³/mol. The van der Waals surface area contributed by atoms with Crippen molar-refractivity contribution in [2.45, 2.75) is 18.0 Å². The molecule has 2 N–H and O–H groups in total. The van der Waals surface area contributed by atoms with Gasteiger partial charge in [-0.05, 0) is 35.4 Å². The fourth-order valence-electron chi connectivity index (χ4n) is 2.61. The lowest BCUT2D eigenvalue weighted by atomic mass is 10.1. The first-order chi connectivity index (χ1) is 13.9. The first-order valence-corrected chi connectivity index (χ1v) is 10.1. The van der Waals surface area contributed by atoms with Gasteiger partial charge in [0.25, 0.3) is 10.0 Å². The Kier molecular flexibility index (Phi) is 6.40. The van der Waals surface area contributed by atoms with Crippen LogP contribution in [-0.4, -0.2) is 20.5 Å². The number of rotatable bonds is 8. The zero-order valence-corrected chi connectivity index (χ0v) is 16.3. The molecule has 1 aromatic heterocycles. The number of halogens is 2. The third-order valence-electron chi connectivity index (χ3n) is 3.99. The van der Waals surface area contributed by atoms with Gasteiger partial charge in [0.05, 0.1) is 12.3 Å². The van der Waals surface area contributed by atoms with E-state index in [9.17, 15) is 17.2 Å². The lowest BCUT2D eigenvalue weighted by Gasteiger charge is -2.10. The second kappa shape index (κ2) is 8.97. The van der Waals surface area contributed by atoms with Crippen LogP contribution >= 0.6 is 0 Å². The first kappa shape index (κ1) is 20.7. The van der Waals surface area contributed by atoms with E-state index >= 15 is 0 Å². The maximum absolute atomic E-state index is 13.3. The molecule has 0 aliphatic carbocycles. The highest BCUT2D eigenvalue weighted by Crippen LogP contribution is 2.19. The number of hydrogen-bond donors (Lipinski definition) is 2. The number of anilines is 2. The fraction of sp³-hybridized carbons (Fsp3) is 0.150. The maximum atomic E-state index is 13.3. The molecule has 9 heteroatoms. The largest absolute Gasteiger partial charge is 0.380 e. The molecule has 0 saturated heterocycles. The van der Waals surface area contributed by atoms with Gasteiger partial charge in [-0.15, -0.1) is 0 Å². The molecule has 152 valence electrons. The summed E-state index contributed by atoms with van der Waals surface area (Å²) >= 11 is 0. The van der Waals surface area contributed by atoms with E-state index in [4.69, 9.17) is 4.74 Å². The Morgan fingerprint density at radius 3 is 2.48 bits per heavy atom. The second-order valence-electron chi connectivity index (χ2n) is 6.22. The minimum absolute atomic E-state index is 0.0814. The summed E-state index contributed by atoms with van der Waals surface area (Å²) in [5.74, 6) is -1.70. The lowest BCUT2D eigenvalue weighted by molar-refractivity contribution is 0.185. The normalized spacial score (nSPS) is 11.3. The van der Waals surface area contributed by atoms with Crippen molar-refractivity contribution in [3.05, 3.63) is 83.6 Å². The van der Waals surface area contributed by atoms with Crippen LogP contribution in [0.3, 0.4) is 0 Å². The second-order valence-corrected chi connectivity index (χ2v) is 7.90. The van der Waals surface area contributed by atoms with Gasteiger partial charge in [-0.2, -0.15) is 0 Å². The number of aromatic nitrogens is 1. The summed E-state index contributed by atoms with van der Waals surface area (Å²) in [5, 5.41) is 3.11. The van der Waals surface area contributed by atoms with Crippen LogP contribution in [0.1, 0.15) is 11.1 Å². The molecule has 1 heterocycles. The summed E-state index contributed by atoms with van der Waals surface area (Å²) in [4.78, 5) is 4.00. The van der Waals surface area contributed by atoms with Gasteiger partial charge < -0.3 is 10.1 Å². The van der Waals surface area contributed by atoms with Crippen molar-refractivity contribution in [3.63, 3.8) is 0 Å². The van der Waals surface area contributed by atoms with Crippen molar-refractivity contribution in [2.24, 2.45) is 0 Å². The van der Waals surface area contributed by atoms with Gasteiger partial charge >= 0.3 is 0 Å². The molecule has 29 heavy (non-hydrogen) atoms. The van der Waals surface area contributed by atoms with Crippen LogP contribution in [0.15, 0.2) is 65.7 Å². The van der Waals surface area contributed by atoms with E-state index in [1.54, 1.807) is 7.11 Å². The Morgan fingerprint density at radius 1 is 1.00 bits per heavy atom. The van der Waals surface area contributed by atoms with Crippen LogP contribution < -0.4 is 10.0 Å². The monoisotopic (exact) mass is 419 g/mol. The number of ether oxygens (including phenoxy) is 1. The molecule has 0 bridgehead atoms. The fourth-order valence-corrected chi connectivity index (χ4v) is 3.60. The SMILES string of the molecule is COCc1cccc(CNc2ccc(S(=O)(=O)Nc3ccc(F)c(F)c3)cn2)c1. The van der Waals surface area contributed by atoms with Gasteiger partial charge in [-0.1, -0.05) is 24.3 Å². The van der Waals surface area contributed by atoms with E-state index in [0.717, 1.165) is 29.3 Å². The Hall–Kier alpha value is -3.04. The Morgan fingerprint density at radius 2 is 1.79 bits per heavy atom. The molecular weight excluding hydrogens is 400 g/mol. The van der Waals surface area contributed by atoms with Crippen LogP contribution in [0.4, 0.5) is 20.3 Å². The Labute approximate surface area is 167 Å². The lowest BCUT2D eigenvalue weighted by Crippen LogP contribution is -2.14. The van der Waals surface area contributed by atoms with Gasteiger partial charge in [-0.25, -0.2) is 22.2 Å². The average molecular weight is 419 g/mol. The van der Waals surface area contributed by atoms with E-state index in [1.165, 1.54) is 18.3 Å². The van der Waals surface area contributed by atoms with Crippen molar-refractivity contribution in [2.75, 3.05) is 17.1 Å². The molecule has 3 aromatic rings. The predicted octanol–water partition coefficient (Wildman–Crippen LogP) is 3.92. The zero-order chi connectivity index (χ0) is 20.9. The molecule has 2 aromatic carbocycles. The Balaban J connectivity index is 1.65. The van der Waals surface area contributed by atoms with Gasteiger partial charge in [0.1, 0.15) is 10.7 Å². The standard InChI is InChI=1S/C20H19F2N3O3S/c1-28-13-15-4-2-3-14(9-15)11-23-20-8-6-17(12-24-20)29(26,27)25-16-5-7-18(21)19(22)10-16/h2-10,12,25H,11,13H2,1H3,(H,23,24). The third kappa shape index (κ3) is 5.49. The van der Waals surface area contributed by atoms with Crippen molar-refractivity contribution in [1.29, 1.82) is 0 Å². The highest BCUT2D eigenvalue weighted by atomic mass is 32.2. The number of sulfonamides is 1. The molecule has 0 fully saturated rings. The highest BCUT2D eigenvalue weighted by Gasteiger charge is 2.16. The van der Waals surface area contributed by atoms with Crippen LogP contribution in [-0.2, 0) is 27.9 Å². The number of benzene rings is 2. The quantitative estimate of drug-likeness (QED) is 0.579. The summed E-state index contributed by atoms with van der Waals surface area (Å²) in [6.07, 6.45) is 1.19. The molecule has 0 spiro atoms. The van der Waals surface area contributed by atoms with Crippen LogP contribution in [0, 0.1) is 11.6 Å². The highest BCUT2D eigenvalue weighted by molar-refractivity contribution is 7.92. The van der Waals surface area contributed by atoms with E-state index in [-0.39, 0.29) is 10.6 Å². The summed E-state index contributed by atoms with van der Waals surface area (Å²) in [5.41, 5.74) is 1.99. The smallest absolute Gasteiger partial charge is 0.263 e. The number of pyridine rings is 1. The van der Waals surface area contributed by atoms with Gasteiger partial charge in [0, 0.05) is 25.9 Å². The summed E-state index contributed by atoms with van der Waals surface area (Å²) in [7, 11) is -2.35. The molecule has 0 unspecified atom stereocenters. The maximum Gasteiger partial charge on any atom is 0.263 e. The van der Waals surface area contributed by atoms with E-state index < -0.39 is 21.7 Å². The third-order valence-corrected chi connectivity index (χ3v) is 5.36. The number of hydrogen-bond acceptors (Lipinski definition) is 5. The van der Waals surface area contributed by atoms with Crippen LogP contribution in [0.25, 0.3) is 0 Å². The van der Waals surface area contributed by atoms with Crippen LogP contribution in [0.2, 0.25) is 0 Å². The van der Waals surface area contributed by atoms with Crippen molar-refractivity contribution in [3.8, 4) is 0 Å². The molecule has 0 radical (unpaired) electrons. The molecule has 0 saturated carbocycles. The van der Waals surface area contributed by atoms with E-state index in [1.807, 2.05) is 24.3 Å². The topological polar surface area (TPSA) is 80.3 Å². The number of methoxy groups -OCH3 is 1. The summed E-state index contributed by atoms with van der Waals surface area (Å²) < 4.78 is 58.3. The number of nitrogens with one attached hydrogen (secondary N) is 2. The molecule has 3 rings (SSSR count). The van der Waals surface area contributed by atoms with Crippen LogP contribution in [0.5, 0.6) is 0 Å². The van der Waals surface area contributed by atoms with Gasteiger partial charge in [0.15, 0.2) is 11.6 Å². The van der Waals surface area contributed by atoms with Crippen molar-refractivity contribution < 1.29 is 21.9 Å². The van der Waals surface area contributed by atoms with E-state index in [2.05, 4.69) is 15.0 Å². The Bertz CT molecular complexity index is 1090. The summed E-state index contributed by atoms with van der Waals surface area (Å²) in [6.45, 7) is 1.02. The van der Waals surface area contributed by atoms with E-state index in [0.29, 0.717) is 19.0 Å². The molecule has 0 amide bonds. The summed E-state index contributed by atoms with van der Waals surface area (Å²) in [6, 6.07) is 13.5. The number of nitrogens with zero attached hydrogens (tertiary/aromatic N) is 1. The van der Waals surface area contributed by atoms with Crippen molar-refractivity contribution in [1.82, 2.24) is 4.98 Å².